The summed E-state index contributed by atoms with van der Waals surface area (Å²) in [6.45, 7) is 18.2. The molecule has 4 unspecified atom stereocenters. The highest BCUT2D eigenvalue weighted by molar-refractivity contribution is 5.87. The Bertz CT molecular complexity index is 1570. The first-order chi connectivity index (χ1) is 28.6. The van der Waals surface area contributed by atoms with Gasteiger partial charge in [0.1, 0.15) is 12.2 Å². The highest BCUT2D eigenvalue weighted by atomic mass is 16.7. The van der Waals surface area contributed by atoms with Gasteiger partial charge in [-0.15, -0.1) is 0 Å². The second-order valence-electron chi connectivity index (χ2n) is 17.5. The van der Waals surface area contributed by atoms with Gasteiger partial charge in [-0.3, -0.25) is 0 Å². The summed E-state index contributed by atoms with van der Waals surface area (Å²) in [6.07, 6.45) is 2.20. The summed E-state index contributed by atoms with van der Waals surface area (Å²) >= 11 is 0. The van der Waals surface area contributed by atoms with Crippen molar-refractivity contribution < 1.29 is 68.3 Å². The summed E-state index contributed by atoms with van der Waals surface area (Å²) in [5.74, 6) is -6.00. The van der Waals surface area contributed by atoms with Crippen LogP contribution >= 0.6 is 0 Å². The largest absolute Gasteiger partial charge is 0.490 e. The number of rotatable bonds is 11. The van der Waals surface area contributed by atoms with Crippen molar-refractivity contribution in [2.24, 2.45) is 41.2 Å². The Kier molecular flexibility index (Phi) is 20.1. The van der Waals surface area contributed by atoms with Gasteiger partial charge in [0.25, 0.3) is 0 Å². The molecule has 0 radical (unpaired) electrons. The number of allylic oxidation sites excluding steroid dienone is 6. The molecule has 348 valence electrons. The van der Waals surface area contributed by atoms with Crippen LogP contribution in [-0.4, -0.2) is 125 Å². The zero-order valence-electron chi connectivity index (χ0n) is 38.2. The Morgan fingerprint density at radius 1 is 1.10 bits per heavy atom. The van der Waals surface area contributed by atoms with Crippen LogP contribution in [0.5, 0.6) is 0 Å². The minimum atomic E-state index is -1.97. The highest BCUT2D eigenvalue weighted by Gasteiger charge is 2.52. The van der Waals surface area contributed by atoms with Crippen LogP contribution in [0.15, 0.2) is 59.4 Å². The van der Waals surface area contributed by atoms with E-state index in [9.17, 15) is 35.1 Å². The maximum atomic E-state index is 13.9. The summed E-state index contributed by atoms with van der Waals surface area (Å²) in [5.41, 5.74) is 6.78. The number of carbonyl (C=O) groups excluding carboxylic acids is 2. The third-order valence-corrected chi connectivity index (χ3v) is 12.8. The van der Waals surface area contributed by atoms with Crippen LogP contribution < -0.4 is 5.73 Å². The second kappa shape index (κ2) is 23.5. The number of aliphatic hydroxyl groups excluding tert-OH is 4. The van der Waals surface area contributed by atoms with Crippen LogP contribution in [0.4, 0.5) is 4.79 Å². The molecule has 18 atom stereocenters. The Morgan fingerprint density at radius 2 is 1.77 bits per heavy atom. The molecule has 15 nitrogen and oxygen atoms in total. The van der Waals surface area contributed by atoms with Crippen molar-refractivity contribution >= 4 is 12.1 Å². The predicted octanol–water partition coefficient (Wildman–Crippen LogP) is 4.98. The first-order valence-electron chi connectivity index (χ1n) is 21.7. The van der Waals surface area contributed by atoms with E-state index in [4.69, 9.17) is 38.9 Å². The van der Waals surface area contributed by atoms with E-state index in [1.165, 1.54) is 20.3 Å². The zero-order valence-corrected chi connectivity index (χ0v) is 38.2. The average Bonchev–Trinajstić information content (AvgIpc) is 3.19. The molecule has 2 saturated heterocycles. The average molecular weight is 866 g/mol. The van der Waals surface area contributed by atoms with E-state index in [-0.39, 0.29) is 42.3 Å². The lowest BCUT2D eigenvalue weighted by atomic mass is 9.77. The van der Waals surface area contributed by atoms with Gasteiger partial charge < -0.3 is 64.4 Å². The Hall–Kier alpha value is -3.12. The quantitative estimate of drug-likeness (QED) is 0.119. The van der Waals surface area contributed by atoms with Crippen LogP contribution in [0.25, 0.3) is 0 Å². The molecule has 0 aromatic rings. The first-order valence-corrected chi connectivity index (χ1v) is 21.7. The monoisotopic (exact) mass is 866 g/mol. The molecule has 1 amide bonds. The summed E-state index contributed by atoms with van der Waals surface area (Å²) < 4.78 is 41.4. The molecular weight excluding hydrogens is 790 g/mol. The number of cyclic esters (lactones) is 1. The van der Waals surface area contributed by atoms with Crippen LogP contribution in [0.2, 0.25) is 0 Å². The van der Waals surface area contributed by atoms with Gasteiger partial charge in [-0.2, -0.15) is 0 Å². The van der Waals surface area contributed by atoms with Crippen LogP contribution in [-0.2, 0) is 38.0 Å². The standard InChI is InChI=1S/C46H75NO14/c1-13-16-34-28(7)37(58-38-22-33(48)43(31(10)57-38)60-45(47)53)23-46(54,61-34)30(9)41(51)29(8)42-35(55-11)18-15-17-24(3)19-26(5)39(49)32(14-2)40(50)27(6)20-25(4)21-36(56-12)44(52)59-42/h13,15-18,20-21,26-35,37-43,48-51,54H,14,19,22-23H2,1-12H3,(H2,47,53)/b16-13+,18-15+,24-17+,25-20+,36-21-/t26-,27-,28-,29+,30+,31?,32+,33?,34-,35+,37+,38?,39+,40-,41-,42-,43?,46-/m1/s1. The van der Waals surface area contributed by atoms with Gasteiger partial charge in [-0.1, -0.05) is 89.1 Å². The molecular formula is C46H75NO14. The smallest absolute Gasteiger partial charge is 0.404 e. The van der Waals surface area contributed by atoms with Crippen molar-refractivity contribution in [1.82, 2.24) is 0 Å². The second-order valence-corrected chi connectivity index (χ2v) is 17.5. The van der Waals surface area contributed by atoms with Gasteiger partial charge in [-0.25, -0.2) is 9.59 Å². The van der Waals surface area contributed by atoms with Crippen molar-refractivity contribution in [3.05, 3.63) is 59.4 Å². The van der Waals surface area contributed by atoms with Gasteiger partial charge >= 0.3 is 12.1 Å². The molecule has 0 bridgehead atoms. The maximum Gasteiger partial charge on any atom is 0.404 e. The minimum absolute atomic E-state index is 0.0313. The topological polar surface area (TPSA) is 226 Å². The molecule has 0 saturated carbocycles. The number of methoxy groups -OCH3 is 2. The number of primary amides is 1. The van der Waals surface area contributed by atoms with E-state index in [1.807, 2.05) is 53.7 Å². The van der Waals surface area contributed by atoms with Crippen molar-refractivity contribution in [1.29, 1.82) is 0 Å². The molecule has 3 aliphatic heterocycles. The molecule has 3 aliphatic rings. The van der Waals surface area contributed by atoms with E-state index < -0.39 is 97.0 Å². The summed E-state index contributed by atoms with van der Waals surface area (Å²) in [5, 5.41) is 58.0. The summed E-state index contributed by atoms with van der Waals surface area (Å²) in [4.78, 5) is 25.4. The van der Waals surface area contributed by atoms with E-state index in [0.717, 1.165) is 5.57 Å². The van der Waals surface area contributed by atoms with Crippen molar-refractivity contribution in [2.45, 2.75) is 168 Å². The molecule has 7 N–H and O–H groups in total. The zero-order chi connectivity index (χ0) is 45.9. The third-order valence-electron chi connectivity index (χ3n) is 12.8. The van der Waals surface area contributed by atoms with Crippen LogP contribution in [0, 0.1) is 35.5 Å². The van der Waals surface area contributed by atoms with E-state index in [1.54, 1.807) is 52.0 Å². The SMILES string of the molecule is C/C=C/[C@H]1O[C@@](O)([C@@H](C)[C@H](O)[C@H](C)[C@H]2OC(=O)/C(OC)=C/C(C)=C/[C@@H](C)[C@@H](O)[C@@H](CC)[C@@H](O)[C@H](C)C/C(C)=C/C=C/[C@@H]2OC)C[C@H](OC2CC(O)C(OC(N)=O)C(C)O2)[C@@H]1C. The normalized spacial score (nSPS) is 42.2. The fourth-order valence-corrected chi connectivity index (χ4v) is 8.94. The number of hydrogen-bond acceptors (Lipinski definition) is 14. The van der Waals surface area contributed by atoms with Crippen LogP contribution in [0.1, 0.15) is 94.9 Å². The Morgan fingerprint density at radius 3 is 2.34 bits per heavy atom. The van der Waals surface area contributed by atoms with Gasteiger partial charge in [0, 0.05) is 49.5 Å². The summed E-state index contributed by atoms with van der Waals surface area (Å²) in [7, 11) is 2.81. The number of nitrogens with two attached hydrogens (primary N) is 1. The molecule has 0 aromatic heterocycles. The van der Waals surface area contributed by atoms with Crippen molar-refractivity contribution in [2.75, 3.05) is 14.2 Å². The predicted molar refractivity (Wildman–Crippen MR) is 228 cm³/mol. The lowest BCUT2D eigenvalue weighted by Gasteiger charge is -2.49. The molecule has 15 heteroatoms. The number of esters is 1. The molecule has 2 fully saturated rings. The Balaban J connectivity index is 2.00. The molecule has 0 aromatic carbocycles. The number of aliphatic hydroxyl groups is 5. The van der Waals surface area contributed by atoms with Gasteiger partial charge in [-0.05, 0) is 52.5 Å². The summed E-state index contributed by atoms with van der Waals surface area (Å²) in [6, 6.07) is 0. The lowest BCUT2D eigenvalue weighted by molar-refractivity contribution is -0.338. The fraction of sp³-hybridized carbons (Fsp3) is 0.739. The maximum absolute atomic E-state index is 13.9. The molecule has 3 heterocycles. The molecule has 3 rings (SSSR count). The molecule has 0 aliphatic carbocycles. The Labute approximate surface area is 362 Å². The van der Waals surface area contributed by atoms with Gasteiger partial charge in [0.2, 0.25) is 5.76 Å². The molecule has 61 heavy (non-hydrogen) atoms. The fourth-order valence-electron chi connectivity index (χ4n) is 8.94. The first kappa shape index (κ1) is 52.2. The van der Waals surface area contributed by atoms with Gasteiger partial charge in [0.15, 0.2) is 18.2 Å². The van der Waals surface area contributed by atoms with E-state index in [2.05, 4.69) is 0 Å². The van der Waals surface area contributed by atoms with Crippen LogP contribution in [0.3, 0.4) is 0 Å². The number of amides is 1. The minimum Gasteiger partial charge on any atom is -0.490 e. The highest BCUT2D eigenvalue weighted by Crippen LogP contribution is 2.42. The van der Waals surface area contributed by atoms with Crippen molar-refractivity contribution in [3.63, 3.8) is 0 Å². The van der Waals surface area contributed by atoms with E-state index in [0.29, 0.717) is 18.4 Å². The third kappa shape index (κ3) is 13.7. The van der Waals surface area contributed by atoms with Crippen molar-refractivity contribution in [3.8, 4) is 0 Å². The number of ether oxygens (including phenoxy) is 7. The lowest BCUT2D eigenvalue weighted by Crippen LogP contribution is -2.59. The molecule has 0 spiro atoms. The van der Waals surface area contributed by atoms with E-state index >= 15 is 0 Å². The number of hydrogen-bond donors (Lipinski definition) is 6. The van der Waals surface area contributed by atoms with Gasteiger partial charge in [0.05, 0.1) is 49.8 Å². The number of carbonyl (C=O) groups is 2.